The van der Waals surface area contributed by atoms with Crippen molar-refractivity contribution < 1.29 is 28.2 Å². The molecule has 0 spiro atoms. The van der Waals surface area contributed by atoms with Crippen molar-refractivity contribution in [2.45, 2.75) is 83.1 Å². The molecule has 1 aromatic heterocycles. The fourth-order valence-corrected chi connectivity index (χ4v) is 5.05. The van der Waals surface area contributed by atoms with Crippen molar-refractivity contribution >= 4 is 11.8 Å². The van der Waals surface area contributed by atoms with E-state index in [0.29, 0.717) is 25.5 Å². The van der Waals surface area contributed by atoms with E-state index >= 15 is 0 Å². The quantitative estimate of drug-likeness (QED) is 0.378. The third kappa shape index (κ3) is 6.76. The van der Waals surface area contributed by atoms with Gasteiger partial charge in [-0.1, -0.05) is 6.07 Å². The normalized spacial score (nSPS) is 19.8. The minimum absolute atomic E-state index is 0.0171. The highest BCUT2D eigenvalue weighted by Crippen LogP contribution is 2.38. The van der Waals surface area contributed by atoms with Crippen molar-refractivity contribution in [3.8, 4) is 5.75 Å². The van der Waals surface area contributed by atoms with Crippen LogP contribution in [0.3, 0.4) is 0 Å². The number of hydrogen-bond acceptors (Lipinski definition) is 6. The van der Waals surface area contributed by atoms with E-state index in [0.717, 1.165) is 56.2 Å². The molecular weight excluding hydrogens is 480 g/mol. The zero-order chi connectivity index (χ0) is 26.5. The lowest BCUT2D eigenvalue weighted by atomic mass is 9.86. The molecule has 1 saturated carbocycles. The first-order valence-electron chi connectivity index (χ1n) is 13.2. The first-order valence-corrected chi connectivity index (χ1v) is 13.2. The molecule has 1 aromatic carbocycles. The molecule has 0 saturated heterocycles. The van der Waals surface area contributed by atoms with Gasteiger partial charge in [0.15, 0.2) is 11.6 Å². The first-order chi connectivity index (χ1) is 17.7. The summed E-state index contributed by atoms with van der Waals surface area (Å²) >= 11 is 0. The van der Waals surface area contributed by atoms with E-state index in [9.17, 15) is 18.7 Å². The number of carboxylic acid groups (broad SMARTS) is 1. The highest BCUT2D eigenvalue weighted by molar-refractivity contribution is 5.77. The predicted octanol–water partition coefficient (Wildman–Crippen LogP) is 5.13. The molecule has 202 valence electrons. The number of nitrogens with one attached hydrogen (secondary N) is 1. The monoisotopic (exact) mass is 517 g/mol. The first kappa shape index (κ1) is 27.3. The van der Waals surface area contributed by atoms with Crippen molar-refractivity contribution in [1.29, 1.82) is 0 Å². The molecule has 0 bridgehead atoms. The van der Waals surface area contributed by atoms with Crippen LogP contribution in [0.1, 0.15) is 68.8 Å². The maximum atomic E-state index is 14.5. The van der Waals surface area contributed by atoms with E-state index in [1.807, 2.05) is 0 Å². The van der Waals surface area contributed by atoms with Gasteiger partial charge in [0.1, 0.15) is 17.7 Å². The van der Waals surface area contributed by atoms with Gasteiger partial charge >= 0.3 is 5.97 Å². The SMILES string of the molecule is CC(C)Oc1c(F)cc(F)cc1[C@H](C(=O)O)N(C)C1CC(OCCCCc2ccc3c(n2)NCCC3)C1. The fourth-order valence-electron chi connectivity index (χ4n) is 5.05. The molecule has 0 radical (unpaired) electrons. The number of aromatic nitrogens is 1. The van der Waals surface area contributed by atoms with Crippen molar-refractivity contribution in [2.75, 3.05) is 25.5 Å². The smallest absolute Gasteiger partial charge is 0.325 e. The number of carboxylic acids is 1. The van der Waals surface area contributed by atoms with Gasteiger partial charge in [0, 0.05) is 36.5 Å². The Balaban J connectivity index is 1.25. The van der Waals surface area contributed by atoms with Crippen LogP contribution in [0, 0.1) is 11.6 Å². The van der Waals surface area contributed by atoms with Gasteiger partial charge in [-0.3, -0.25) is 9.69 Å². The number of nitrogens with zero attached hydrogens (tertiary/aromatic N) is 2. The summed E-state index contributed by atoms with van der Waals surface area (Å²) < 4.78 is 40.1. The van der Waals surface area contributed by atoms with Crippen LogP contribution in [0.4, 0.5) is 14.6 Å². The summed E-state index contributed by atoms with van der Waals surface area (Å²) in [6, 6.07) is 4.74. The Morgan fingerprint density at radius 1 is 1.24 bits per heavy atom. The van der Waals surface area contributed by atoms with Crippen LogP contribution in [0.2, 0.25) is 0 Å². The molecule has 7 nitrogen and oxygen atoms in total. The molecule has 0 amide bonds. The minimum atomic E-state index is -1.23. The lowest BCUT2D eigenvalue weighted by molar-refractivity contribution is -0.146. The van der Waals surface area contributed by atoms with Crippen LogP contribution >= 0.6 is 0 Å². The number of carbonyl (C=O) groups is 1. The number of rotatable bonds is 12. The molecule has 2 aromatic rings. The maximum absolute atomic E-state index is 14.5. The van der Waals surface area contributed by atoms with Crippen LogP contribution in [0.5, 0.6) is 5.75 Å². The molecule has 2 aliphatic rings. The number of unbranched alkanes of at least 4 members (excludes halogenated alkanes) is 1. The molecule has 2 N–H and O–H groups in total. The molecular formula is C28H37F2N3O4. The number of fused-ring (bicyclic) bond motifs is 1. The van der Waals surface area contributed by atoms with Gasteiger partial charge in [0.25, 0.3) is 0 Å². The molecule has 9 heteroatoms. The number of aryl methyl sites for hydroxylation is 2. The standard InChI is InChI=1S/C28H37F2N3O4/c1-17(2)37-26-23(13-19(29)14-24(26)30)25(28(34)35)33(3)21-15-22(16-21)36-12-5-4-8-20-10-9-18-7-6-11-31-27(18)32-20/h9-10,13-14,17,21-22,25H,4-8,11-12,15-16H2,1-3H3,(H,31,32)(H,34,35)/t21?,22?,25-/m1/s1. The Hall–Kier alpha value is -2.78. The lowest BCUT2D eigenvalue weighted by Gasteiger charge is -2.43. The van der Waals surface area contributed by atoms with E-state index in [-0.39, 0.29) is 29.6 Å². The van der Waals surface area contributed by atoms with Crippen molar-refractivity contribution in [3.63, 3.8) is 0 Å². The highest BCUT2D eigenvalue weighted by Gasteiger charge is 2.40. The number of halogens is 2. The molecule has 4 rings (SSSR count). The molecule has 1 aliphatic heterocycles. The van der Waals surface area contributed by atoms with Gasteiger partial charge in [-0.25, -0.2) is 13.8 Å². The van der Waals surface area contributed by atoms with Crippen LogP contribution in [0.25, 0.3) is 0 Å². The summed E-state index contributed by atoms with van der Waals surface area (Å²) in [4.78, 5) is 18.6. The van der Waals surface area contributed by atoms with Crippen molar-refractivity contribution in [2.24, 2.45) is 0 Å². The van der Waals surface area contributed by atoms with Gasteiger partial charge in [-0.2, -0.15) is 0 Å². The Morgan fingerprint density at radius 3 is 2.76 bits per heavy atom. The Kier molecular flexibility index (Phi) is 8.97. The number of pyridine rings is 1. The van der Waals surface area contributed by atoms with Crippen LogP contribution in [0.15, 0.2) is 24.3 Å². The Morgan fingerprint density at radius 2 is 2.03 bits per heavy atom. The maximum Gasteiger partial charge on any atom is 0.325 e. The number of likely N-dealkylation sites (N-methyl/N-ethyl adjacent to an activating group) is 1. The zero-order valence-electron chi connectivity index (χ0n) is 21.8. The molecule has 0 unspecified atom stereocenters. The minimum Gasteiger partial charge on any atom is -0.488 e. The number of ether oxygens (including phenoxy) is 2. The molecule has 1 fully saturated rings. The summed E-state index contributed by atoms with van der Waals surface area (Å²) in [5.74, 6) is -2.11. The van der Waals surface area contributed by atoms with Gasteiger partial charge in [-0.15, -0.1) is 0 Å². The van der Waals surface area contributed by atoms with E-state index < -0.39 is 23.6 Å². The number of benzene rings is 1. The number of aliphatic carboxylic acids is 1. The van der Waals surface area contributed by atoms with Gasteiger partial charge in [0.2, 0.25) is 0 Å². The van der Waals surface area contributed by atoms with Crippen LogP contribution < -0.4 is 10.1 Å². The van der Waals surface area contributed by atoms with Crippen LogP contribution in [-0.4, -0.2) is 59.4 Å². The van der Waals surface area contributed by atoms with Crippen LogP contribution in [-0.2, 0) is 22.4 Å². The Labute approximate surface area is 217 Å². The summed E-state index contributed by atoms with van der Waals surface area (Å²) in [6.07, 6.45) is 6.01. The topological polar surface area (TPSA) is 83.9 Å². The second-order valence-electron chi connectivity index (χ2n) is 10.3. The van der Waals surface area contributed by atoms with E-state index in [2.05, 4.69) is 17.4 Å². The van der Waals surface area contributed by atoms with E-state index in [1.54, 1.807) is 25.8 Å². The molecule has 2 heterocycles. The van der Waals surface area contributed by atoms with E-state index in [4.69, 9.17) is 14.5 Å². The molecule has 1 aliphatic carbocycles. The molecule has 37 heavy (non-hydrogen) atoms. The largest absolute Gasteiger partial charge is 0.488 e. The third-order valence-corrected chi connectivity index (χ3v) is 7.10. The second kappa shape index (κ2) is 12.2. The zero-order valence-corrected chi connectivity index (χ0v) is 21.8. The molecule has 1 atom stereocenters. The summed E-state index contributed by atoms with van der Waals surface area (Å²) in [5.41, 5.74) is 2.36. The average molecular weight is 518 g/mol. The number of hydrogen-bond donors (Lipinski definition) is 2. The highest BCUT2D eigenvalue weighted by atomic mass is 19.1. The predicted molar refractivity (Wildman–Crippen MR) is 137 cm³/mol. The lowest BCUT2D eigenvalue weighted by Crippen LogP contribution is -2.49. The van der Waals surface area contributed by atoms with E-state index in [1.165, 1.54) is 5.56 Å². The van der Waals surface area contributed by atoms with Gasteiger partial charge in [0.05, 0.1) is 12.2 Å². The Bertz CT molecular complexity index is 1090. The summed E-state index contributed by atoms with van der Waals surface area (Å²) in [7, 11) is 1.67. The van der Waals surface area contributed by atoms with Gasteiger partial charge < -0.3 is 19.9 Å². The second-order valence-corrected chi connectivity index (χ2v) is 10.3. The third-order valence-electron chi connectivity index (χ3n) is 7.10. The van der Waals surface area contributed by atoms with Crippen molar-refractivity contribution in [3.05, 3.63) is 52.7 Å². The van der Waals surface area contributed by atoms with Crippen molar-refractivity contribution in [1.82, 2.24) is 9.88 Å². The summed E-state index contributed by atoms with van der Waals surface area (Å²) in [5, 5.41) is 13.3. The fraction of sp³-hybridized carbons (Fsp3) is 0.571. The average Bonchev–Trinajstić information content (AvgIpc) is 2.81. The summed E-state index contributed by atoms with van der Waals surface area (Å²) in [6.45, 7) is 5.03. The number of anilines is 1. The van der Waals surface area contributed by atoms with Gasteiger partial charge in [-0.05, 0) is 83.5 Å².